The van der Waals surface area contributed by atoms with Gasteiger partial charge in [0.15, 0.2) is 6.20 Å². The van der Waals surface area contributed by atoms with Crippen LogP contribution in [0.4, 0.5) is 5.69 Å². The number of aromatic nitrogens is 2. The van der Waals surface area contributed by atoms with Gasteiger partial charge in [0.05, 0.1) is 12.2 Å². The maximum Gasteiger partial charge on any atom is 0.292 e. The van der Waals surface area contributed by atoms with Gasteiger partial charge in [-0.15, -0.1) is 4.68 Å². The summed E-state index contributed by atoms with van der Waals surface area (Å²) in [6.45, 7) is 4.39. The minimum absolute atomic E-state index is 0.0213. The van der Waals surface area contributed by atoms with E-state index in [-0.39, 0.29) is 5.91 Å². The predicted octanol–water partition coefficient (Wildman–Crippen LogP) is 2.37. The third kappa shape index (κ3) is 2.59. The molecular formula is C16H20N3O+. The van der Waals surface area contributed by atoms with Crippen LogP contribution in [0.3, 0.4) is 0 Å². The highest BCUT2D eigenvalue weighted by Gasteiger charge is 2.30. The normalized spacial score (nSPS) is 14.3. The van der Waals surface area contributed by atoms with Crippen LogP contribution in [0.5, 0.6) is 0 Å². The van der Waals surface area contributed by atoms with Crippen LogP contribution < -0.4 is 10.00 Å². The van der Waals surface area contributed by atoms with Crippen LogP contribution in [0.15, 0.2) is 36.7 Å². The second-order valence-electron chi connectivity index (χ2n) is 5.51. The van der Waals surface area contributed by atoms with Gasteiger partial charge in [-0.05, 0) is 37.8 Å². The number of carbonyl (C=O) groups excluding carboxylic acids is 1. The van der Waals surface area contributed by atoms with Crippen molar-refractivity contribution in [2.24, 2.45) is 0 Å². The second-order valence-corrected chi connectivity index (χ2v) is 5.51. The van der Waals surface area contributed by atoms with E-state index in [2.05, 4.69) is 10.00 Å². The van der Waals surface area contributed by atoms with Crippen LogP contribution in [-0.2, 0) is 11.3 Å². The zero-order valence-electron chi connectivity index (χ0n) is 12.0. The van der Waals surface area contributed by atoms with E-state index in [4.69, 9.17) is 0 Å². The number of para-hydroxylation sites is 1. The molecule has 1 fully saturated rings. The third-order valence-corrected chi connectivity index (χ3v) is 3.77. The molecular weight excluding hydrogens is 250 g/mol. The summed E-state index contributed by atoms with van der Waals surface area (Å²) in [4.78, 5) is 12.2. The van der Waals surface area contributed by atoms with Crippen molar-refractivity contribution < 1.29 is 9.48 Å². The maximum absolute atomic E-state index is 12.2. The number of rotatable bonds is 4. The van der Waals surface area contributed by atoms with E-state index in [9.17, 15) is 4.79 Å². The summed E-state index contributed by atoms with van der Waals surface area (Å²) in [5.74, 6) is 0.0213. The second kappa shape index (κ2) is 5.12. The zero-order chi connectivity index (χ0) is 14.1. The molecule has 2 aromatic rings. The molecule has 0 saturated heterocycles. The molecule has 1 aromatic heterocycles. The molecule has 4 nitrogen and oxygen atoms in total. The molecule has 1 amide bonds. The van der Waals surface area contributed by atoms with Crippen LogP contribution in [0.25, 0.3) is 0 Å². The number of hydrogen-bond acceptors (Lipinski definition) is 1. The summed E-state index contributed by atoms with van der Waals surface area (Å²) in [7, 11) is 0. The van der Waals surface area contributed by atoms with E-state index >= 15 is 0 Å². The van der Waals surface area contributed by atoms with Crippen molar-refractivity contribution in [1.82, 2.24) is 4.68 Å². The molecule has 1 aliphatic carbocycles. The number of hydrogen-bond donors (Lipinski definition) is 1. The Morgan fingerprint density at radius 1 is 1.30 bits per heavy atom. The molecule has 1 N–H and O–H groups in total. The maximum atomic E-state index is 12.2. The van der Waals surface area contributed by atoms with Gasteiger partial charge in [0, 0.05) is 11.8 Å². The number of nitrogens with one attached hydrogen (secondary N) is 1. The molecule has 1 heterocycles. The van der Waals surface area contributed by atoms with Gasteiger partial charge >= 0.3 is 0 Å². The molecule has 1 aliphatic rings. The summed E-state index contributed by atoms with van der Waals surface area (Å²) in [6, 6.07) is 8.61. The first-order valence-corrected chi connectivity index (χ1v) is 7.08. The van der Waals surface area contributed by atoms with E-state index in [1.165, 1.54) is 12.8 Å². The van der Waals surface area contributed by atoms with Crippen LogP contribution >= 0.6 is 0 Å². The number of carbonyl (C=O) groups is 1. The SMILES string of the molecule is Cc1cccc(C)c1NC(=O)C[n+]1cccn1C1CC1. The minimum atomic E-state index is 0.0213. The average Bonchev–Trinajstić information content (AvgIpc) is 3.15. The van der Waals surface area contributed by atoms with E-state index in [0.717, 1.165) is 16.8 Å². The molecule has 20 heavy (non-hydrogen) atoms. The first-order valence-electron chi connectivity index (χ1n) is 7.08. The lowest BCUT2D eigenvalue weighted by atomic mass is 10.1. The van der Waals surface area contributed by atoms with Gasteiger partial charge in [-0.3, -0.25) is 4.79 Å². The lowest BCUT2D eigenvalue weighted by Gasteiger charge is -2.10. The Labute approximate surface area is 119 Å². The summed E-state index contributed by atoms with van der Waals surface area (Å²) in [5, 5.41) is 3.03. The summed E-state index contributed by atoms with van der Waals surface area (Å²) >= 11 is 0. The van der Waals surface area contributed by atoms with Gasteiger partial charge in [-0.25, -0.2) is 0 Å². The topological polar surface area (TPSA) is 37.9 Å². The summed E-state index contributed by atoms with van der Waals surface area (Å²) in [6.07, 6.45) is 6.44. The lowest BCUT2D eigenvalue weighted by Crippen LogP contribution is -2.46. The minimum Gasteiger partial charge on any atom is -0.320 e. The molecule has 1 aromatic carbocycles. The first kappa shape index (κ1) is 12.9. The van der Waals surface area contributed by atoms with E-state index in [1.54, 1.807) is 0 Å². The summed E-state index contributed by atoms with van der Waals surface area (Å²) < 4.78 is 4.14. The molecule has 1 saturated carbocycles. The molecule has 0 atom stereocenters. The van der Waals surface area contributed by atoms with Crippen molar-refractivity contribution in [1.29, 1.82) is 0 Å². The summed E-state index contributed by atoms with van der Waals surface area (Å²) in [5.41, 5.74) is 3.13. The fourth-order valence-corrected chi connectivity index (χ4v) is 2.53. The number of nitrogens with zero attached hydrogens (tertiary/aromatic N) is 2. The predicted molar refractivity (Wildman–Crippen MR) is 77.4 cm³/mol. The number of anilines is 1. The van der Waals surface area contributed by atoms with Crippen molar-refractivity contribution in [3.8, 4) is 0 Å². The molecule has 0 radical (unpaired) electrons. The van der Waals surface area contributed by atoms with Gasteiger partial charge in [0.2, 0.25) is 6.54 Å². The van der Waals surface area contributed by atoms with E-state index in [0.29, 0.717) is 12.6 Å². The number of benzene rings is 1. The van der Waals surface area contributed by atoms with Crippen molar-refractivity contribution in [3.63, 3.8) is 0 Å². The largest absolute Gasteiger partial charge is 0.320 e. The third-order valence-electron chi connectivity index (χ3n) is 3.77. The first-order chi connectivity index (χ1) is 9.65. The standard InChI is InChI=1S/C16H19N3O/c1-12-5-3-6-13(2)16(12)17-15(20)11-18-9-4-10-19(18)14-7-8-14/h3-6,9-10,14H,7-8,11H2,1-2H3/p+1. The van der Waals surface area contributed by atoms with E-state index < -0.39 is 0 Å². The Balaban J connectivity index is 1.72. The Kier molecular flexibility index (Phi) is 3.30. The number of aryl methyl sites for hydroxylation is 2. The monoisotopic (exact) mass is 270 g/mol. The number of amides is 1. The zero-order valence-corrected chi connectivity index (χ0v) is 12.0. The van der Waals surface area contributed by atoms with Gasteiger partial charge in [0.25, 0.3) is 5.91 Å². The molecule has 0 unspecified atom stereocenters. The van der Waals surface area contributed by atoms with Gasteiger partial charge in [-0.1, -0.05) is 18.2 Å². The van der Waals surface area contributed by atoms with Gasteiger partial charge < -0.3 is 5.32 Å². The molecule has 3 rings (SSSR count). The van der Waals surface area contributed by atoms with E-state index in [1.807, 2.05) is 55.2 Å². The Bertz CT molecular complexity index is 621. The highest BCUT2D eigenvalue weighted by atomic mass is 16.2. The smallest absolute Gasteiger partial charge is 0.292 e. The highest BCUT2D eigenvalue weighted by Crippen LogP contribution is 2.33. The van der Waals surface area contributed by atoms with Crippen molar-refractivity contribution in [2.75, 3.05) is 5.32 Å². The Morgan fingerprint density at radius 2 is 2.00 bits per heavy atom. The molecule has 4 heteroatoms. The molecule has 104 valence electrons. The van der Waals surface area contributed by atoms with Crippen molar-refractivity contribution in [2.45, 2.75) is 39.3 Å². The van der Waals surface area contributed by atoms with Crippen molar-refractivity contribution in [3.05, 3.63) is 47.8 Å². The Morgan fingerprint density at radius 3 is 2.65 bits per heavy atom. The van der Waals surface area contributed by atoms with Crippen LogP contribution in [0, 0.1) is 13.8 Å². The fraction of sp³-hybridized carbons (Fsp3) is 0.375. The Hall–Kier alpha value is -2.10. The van der Waals surface area contributed by atoms with Crippen LogP contribution in [0.1, 0.15) is 30.0 Å². The quantitative estimate of drug-likeness (QED) is 0.851. The molecule has 0 spiro atoms. The fourth-order valence-electron chi connectivity index (χ4n) is 2.53. The van der Waals surface area contributed by atoms with Gasteiger partial charge in [0.1, 0.15) is 0 Å². The molecule has 0 aliphatic heterocycles. The average molecular weight is 270 g/mol. The lowest BCUT2D eigenvalue weighted by molar-refractivity contribution is -0.764. The van der Waals surface area contributed by atoms with Gasteiger partial charge in [-0.2, -0.15) is 4.68 Å². The van der Waals surface area contributed by atoms with Crippen LogP contribution in [0.2, 0.25) is 0 Å². The van der Waals surface area contributed by atoms with Crippen molar-refractivity contribution >= 4 is 11.6 Å². The molecule has 0 bridgehead atoms. The van der Waals surface area contributed by atoms with Crippen LogP contribution in [-0.4, -0.2) is 10.6 Å². The highest BCUT2D eigenvalue weighted by molar-refractivity contribution is 5.91.